The Labute approximate surface area is 208 Å². The van der Waals surface area contributed by atoms with Crippen LogP contribution in [0.3, 0.4) is 0 Å². The molecule has 1 aromatic carbocycles. The summed E-state index contributed by atoms with van der Waals surface area (Å²) in [7, 11) is 3.16. The predicted octanol–water partition coefficient (Wildman–Crippen LogP) is 2.40. The molecule has 7 atom stereocenters. The van der Waals surface area contributed by atoms with E-state index in [9.17, 15) is 19.2 Å². The Morgan fingerprint density at radius 3 is 2.51 bits per heavy atom. The second kappa shape index (κ2) is 8.12. The van der Waals surface area contributed by atoms with Crippen molar-refractivity contribution in [1.29, 1.82) is 0 Å². The van der Waals surface area contributed by atoms with E-state index in [0.29, 0.717) is 11.5 Å². The van der Waals surface area contributed by atoms with Gasteiger partial charge in [0, 0.05) is 22.6 Å². The Morgan fingerprint density at radius 1 is 1.11 bits per heavy atom. The molecule has 0 unspecified atom stereocenters. The van der Waals surface area contributed by atoms with Gasteiger partial charge in [-0.1, -0.05) is 17.4 Å². The number of rotatable bonds is 6. The molecule has 3 fully saturated rings. The van der Waals surface area contributed by atoms with Crippen molar-refractivity contribution in [1.82, 2.24) is 9.88 Å². The zero-order valence-corrected chi connectivity index (χ0v) is 20.7. The summed E-state index contributed by atoms with van der Waals surface area (Å²) in [6, 6.07) is 5.78. The molecule has 2 N–H and O–H groups in total. The number of benzene rings is 1. The highest BCUT2D eigenvalue weighted by Crippen LogP contribution is 2.68. The molecule has 2 aromatic rings. The molecule has 3 heterocycles. The molecule has 2 aliphatic heterocycles. The van der Waals surface area contributed by atoms with E-state index < -0.39 is 17.8 Å². The molecule has 0 spiro atoms. The molecule has 4 aliphatic rings. The van der Waals surface area contributed by atoms with Crippen LogP contribution in [-0.2, 0) is 14.4 Å². The first-order valence-electron chi connectivity index (χ1n) is 11.5. The van der Waals surface area contributed by atoms with Crippen molar-refractivity contribution in [2.24, 2.45) is 29.6 Å². The third-order valence-corrected chi connectivity index (χ3v) is 10.7. The number of likely N-dealkylation sites (tertiary alicyclic amines) is 1. The third kappa shape index (κ3) is 3.20. The minimum Gasteiger partial charge on any atom is -0.493 e. The van der Waals surface area contributed by atoms with E-state index in [1.54, 1.807) is 26.0 Å². The number of thiazole rings is 1. The summed E-state index contributed by atoms with van der Waals surface area (Å²) in [5.74, 6) is -1.20. The number of carboxylic acid groups (broad SMARTS) is 1. The summed E-state index contributed by atoms with van der Waals surface area (Å²) in [5, 5.41) is 9.99. The molecule has 35 heavy (non-hydrogen) atoms. The van der Waals surface area contributed by atoms with Crippen LogP contribution in [0.1, 0.15) is 29.2 Å². The predicted molar refractivity (Wildman–Crippen MR) is 127 cm³/mol. The molecule has 9 nitrogen and oxygen atoms in total. The van der Waals surface area contributed by atoms with Crippen LogP contribution >= 0.6 is 23.1 Å². The first kappa shape index (κ1) is 22.7. The van der Waals surface area contributed by atoms with Gasteiger partial charge in [-0.05, 0) is 41.9 Å². The number of nitrogens with zero attached hydrogens (tertiary/aromatic N) is 1. The van der Waals surface area contributed by atoms with E-state index in [-0.39, 0.29) is 58.6 Å². The minimum absolute atomic E-state index is 0.00507. The summed E-state index contributed by atoms with van der Waals surface area (Å²) in [4.78, 5) is 55.1. The number of aromatic nitrogens is 1. The number of imide groups is 1. The zero-order valence-electron chi connectivity index (χ0n) is 19.1. The first-order chi connectivity index (χ1) is 16.8. The number of carbonyl (C=O) groups excluding carboxylic acids is 2. The minimum atomic E-state index is -1.03. The highest BCUT2D eigenvalue weighted by molar-refractivity contribution is 8.00. The molecular weight excluding hydrogens is 492 g/mol. The average molecular weight is 517 g/mol. The van der Waals surface area contributed by atoms with E-state index >= 15 is 0 Å². The van der Waals surface area contributed by atoms with Gasteiger partial charge in [0.2, 0.25) is 11.8 Å². The van der Waals surface area contributed by atoms with Gasteiger partial charge in [0.1, 0.15) is 0 Å². The second-order valence-electron chi connectivity index (χ2n) is 9.55. The lowest BCUT2D eigenvalue weighted by molar-refractivity contribution is -0.142. The molecular formula is C24H24N2O7S2. The summed E-state index contributed by atoms with van der Waals surface area (Å²) < 4.78 is 11.0. The van der Waals surface area contributed by atoms with E-state index in [1.165, 1.54) is 16.2 Å². The Kier molecular flexibility index (Phi) is 5.26. The first-order valence-corrected chi connectivity index (χ1v) is 13.2. The highest BCUT2D eigenvalue weighted by atomic mass is 32.2. The quantitative estimate of drug-likeness (QED) is 0.561. The van der Waals surface area contributed by atoms with Gasteiger partial charge in [-0.2, -0.15) is 0 Å². The van der Waals surface area contributed by atoms with Crippen molar-refractivity contribution in [2.75, 3.05) is 20.8 Å². The number of methoxy groups -OCH3 is 2. The van der Waals surface area contributed by atoms with Gasteiger partial charge >= 0.3 is 10.8 Å². The van der Waals surface area contributed by atoms with Crippen LogP contribution < -0.4 is 14.3 Å². The molecule has 184 valence electrons. The monoisotopic (exact) mass is 516 g/mol. The summed E-state index contributed by atoms with van der Waals surface area (Å²) in [6.45, 7) is -0.0817. The Balaban J connectivity index is 1.42. The van der Waals surface area contributed by atoms with Crippen LogP contribution in [0.15, 0.2) is 28.0 Å². The largest absolute Gasteiger partial charge is 0.493 e. The van der Waals surface area contributed by atoms with Gasteiger partial charge in [-0.25, -0.2) is 0 Å². The third-order valence-electron chi connectivity index (χ3n) is 8.13. The number of aliphatic carboxylic acids is 1. The van der Waals surface area contributed by atoms with Crippen molar-refractivity contribution in [3.63, 3.8) is 0 Å². The van der Waals surface area contributed by atoms with Crippen molar-refractivity contribution in [2.45, 2.75) is 29.0 Å². The summed E-state index contributed by atoms with van der Waals surface area (Å²) in [5.41, 5.74) is 0.984. The SMILES string of the molecule is COc1ccc([C@@H]2c3sc(=O)[nH]c3S[C@H]3[C@@H]4C[C@@H]([C@@H]5C(=O)N(CCC(=O)O)C(=O)[C@@H]45)[C@H]23)cc1OC. The van der Waals surface area contributed by atoms with Crippen LogP contribution in [0.2, 0.25) is 0 Å². The van der Waals surface area contributed by atoms with Crippen LogP contribution in [0, 0.1) is 29.6 Å². The van der Waals surface area contributed by atoms with Gasteiger partial charge in [-0.3, -0.25) is 24.1 Å². The maximum absolute atomic E-state index is 13.4. The number of H-pyrrole nitrogens is 1. The number of hydrogen-bond donors (Lipinski definition) is 2. The molecule has 11 heteroatoms. The Hall–Kier alpha value is -2.79. The molecule has 2 aliphatic carbocycles. The van der Waals surface area contributed by atoms with Crippen molar-refractivity contribution in [3.05, 3.63) is 38.3 Å². The van der Waals surface area contributed by atoms with E-state index in [0.717, 1.165) is 21.9 Å². The fraction of sp³-hybridized carbons (Fsp3) is 0.500. The van der Waals surface area contributed by atoms with Crippen molar-refractivity contribution >= 4 is 40.9 Å². The fourth-order valence-corrected chi connectivity index (χ4v) is 9.81. The fourth-order valence-electron chi connectivity index (χ4n) is 6.93. The topological polar surface area (TPSA) is 126 Å². The van der Waals surface area contributed by atoms with E-state index in [1.807, 2.05) is 18.2 Å². The molecule has 2 amide bonds. The maximum atomic E-state index is 13.4. The van der Waals surface area contributed by atoms with Gasteiger partial charge in [0.15, 0.2) is 11.5 Å². The molecule has 1 aromatic heterocycles. The number of ether oxygens (including phenoxy) is 2. The second-order valence-corrected chi connectivity index (χ2v) is 11.7. The van der Waals surface area contributed by atoms with E-state index in [4.69, 9.17) is 14.6 Å². The molecule has 6 rings (SSSR count). The normalized spacial score (nSPS) is 32.4. The standard InChI is InChI=1S/C24H24N2O7S2/c1-32-12-4-3-9(7-13(12)33-2)15-16-10-8-11(19(16)34-21-20(15)35-24(31)25-21)18-17(10)22(29)26(23(18)30)6-5-14(27)28/h3-4,7,10-11,15-19H,5-6,8H2,1-2H3,(H,25,31)(H,27,28)/t10-,11-,15+,16-,17+,18+,19+/m1/s1. The number of nitrogens with one attached hydrogen (secondary N) is 1. The van der Waals surface area contributed by atoms with Gasteiger partial charge in [0.25, 0.3) is 0 Å². The molecule has 2 bridgehead atoms. The Morgan fingerprint density at radius 2 is 1.83 bits per heavy atom. The van der Waals surface area contributed by atoms with E-state index in [2.05, 4.69) is 4.98 Å². The van der Waals surface area contributed by atoms with Crippen LogP contribution in [0.25, 0.3) is 0 Å². The summed E-state index contributed by atoms with van der Waals surface area (Å²) >= 11 is 2.82. The summed E-state index contributed by atoms with van der Waals surface area (Å²) in [6.07, 6.45) is 0.533. The number of amides is 2. The van der Waals surface area contributed by atoms with Crippen molar-refractivity contribution < 1.29 is 29.0 Å². The number of carbonyl (C=O) groups is 3. The smallest absolute Gasteiger partial charge is 0.305 e. The maximum Gasteiger partial charge on any atom is 0.305 e. The van der Waals surface area contributed by atoms with Crippen LogP contribution in [0.4, 0.5) is 0 Å². The number of aromatic amines is 1. The number of fused-ring (bicyclic) bond motifs is 9. The molecule has 2 saturated carbocycles. The van der Waals surface area contributed by atoms with Crippen molar-refractivity contribution in [3.8, 4) is 11.5 Å². The molecule has 1 saturated heterocycles. The van der Waals surface area contributed by atoms with Gasteiger partial charge < -0.3 is 19.6 Å². The highest BCUT2D eigenvalue weighted by Gasteiger charge is 2.69. The lowest BCUT2D eigenvalue weighted by atomic mass is 9.68. The lowest BCUT2D eigenvalue weighted by Crippen LogP contribution is -2.42. The van der Waals surface area contributed by atoms with Gasteiger partial charge in [-0.15, -0.1) is 11.8 Å². The van der Waals surface area contributed by atoms with Gasteiger partial charge in [0.05, 0.1) is 37.5 Å². The van der Waals surface area contributed by atoms with Crippen LogP contribution in [0.5, 0.6) is 11.5 Å². The zero-order chi connectivity index (χ0) is 24.6. The Bertz CT molecular complexity index is 1300. The number of hydrogen-bond acceptors (Lipinski definition) is 8. The lowest BCUT2D eigenvalue weighted by Gasteiger charge is -2.43. The van der Waals surface area contributed by atoms with Crippen LogP contribution in [-0.4, -0.2) is 58.8 Å². The number of thioether (sulfide) groups is 1. The average Bonchev–Trinajstić information content (AvgIpc) is 3.56. The molecule has 0 radical (unpaired) electrons. The number of carboxylic acids is 1.